The second-order valence-electron chi connectivity index (χ2n) is 4.22. The van der Waals surface area contributed by atoms with Crippen molar-refractivity contribution in [1.29, 1.82) is 0 Å². The number of benzene rings is 1. The third-order valence-electron chi connectivity index (χ3n) is 3.16. The highest BCUT2D eigenvalue weighted by Gasteiger charge is 2.08. The van der Waals surface area contributed by atoms with Gasteiger partial charge < -0.3 is 5.32 Å². The first kappa shape index (κ1) is 11.9. The van der Waals surface area contributed by atoms with Gasteiger partial charge in [-0.3, -0.25) is 4.68 Å². The standard InChI is InChI=1S/C14H19N3/c1-4-13(15-2)11-6-5-7-12(10-11)14-8-9-16-17(14)3/h5-10,13,15H,4H2,1-3H3. The second kappa shape index (κ2) is 5.15. The molecule has 0 aliphatic rings. The van der Waals surface area contributed by atoms with Gasteiger partial charge in [0, 0.05) is 24.8 Å². The molecule has 0 bridgehead atoms. The largest absolute Gasteiger partial charge is 0.313 e. The van der Waals surface area contributed by atoms with Gasteiger partial charge >= 0.3 is 0 Å². The average Bonchev–Trinajstić information content (AvgIpc) is 2.77. The van der Waals surface area contributed by atoms with Crippen LogP contribution < -0.4 is 5.32 Å². The first-order valence-electron chi connectivity index (χ1n) is 6.02. The molecule has 17 heavy (non-hydrogen) atoms. The Balaban J connectivity index is 2.38. The second-order valence-corrected chi connectivity index (χ2v) is 4.22. The van der Waals surface area contributed by atoms with E-state index in [9.17, 15) is 0 Å². The summed E-state index contributed by atoms with van der Waals surface area (Å²) in [6.45, 7) is 2.19. The fraction of sp³-hybridized carbons (Fsp3) is 0.357. The number of hydrogen-bond donors (Lipinski definition) is 1. The molecule has 2 aromatic rings. The fourth-order valence-corrected chi connectivity index (χ4v) is 2.18. The summed E-state index contributed by atoms with van der Waals surface area (Å²) in [4.78, 5) is 0. The van der Waals surface area contributed by atoms with Gasteiger partial charge in [-0.25, -0.2) is 0 Å². The lowest BCUT2D eigenvalue weighted by Crippen LogP contribution is -2.15. The first-order valence-corrected chi connectivity index (χ1v) is 6.02. The van der Waals surface area contributed by atoms with Crippen molar-refractivity contribution in [1.82, 2.24) is 15.1 Å². The van der Waals surface area contributed by atoms with Gasteiger partial charge in [0.25, 0.3) is 0 Å². The highest BCUT2D eigenvalue weighted by Crippen LogP contribution is 2.23. The van der Waals surface area contributed by atoms with Crippen molar-refractivity contribution in [3.8, 4) is 11.3 Å². The number of rotatable bonds is 4. The molecule has 1 aromatic carbocycles. The molecule has 3 heteroatoms. The van der Waals surface area contributed by atoms with Gasteiger partial charge in [0.05, 0.1) is 5.69 Å². The highest BCUT2D eigenvalue weighted by molar-refractivity contribution is 5.60. The van der Waals surface area contributed by atoms with E-state index in [0.29, 0.717) is 6.04 Å². The molecule has 0 amide bonds. The lowest BCUT2D eigenvalue weighted by molar-refractivity contribution is 0.577. The lowest BCUT2D eigenvalue weighted by atomic mass is 10.0. The van der Waals surface area contributed by atoms with Crippen molar-refractivity contribution in [2.75, 3.05) is 7.05 Å². The number of nitrogens with one attached hydrogen (secondary N) is 1. The Bertz CT molecular complexity index is 484. The van der Waals surface area contributed by atoms with E-state index in [0.717, 1.165) is 12.1 Å². The fourth-order valence-electron chi connectivity index (χ4n) is 2.18. The van der Waals surface area contributed by atoms with Crippen LogP contribution in [0.15, 0.2) is 36.5 Å². The molecule has 2 rings (SSSR count). The number of hydrogen-bond acceptors (Lipinski definition) is 2. The van der Waals surface area contributed by atoms with E-state index in [4.69, 9.17) is 0 Å². The third-order valence-corrected chi connectivity index (χ3v) is 3.16. The summed E-state index contributed by atoms with van der Waals surface area (Å²) in [7, 11) is 3.97. The zero-order valence-corrected chi connectivity index (χ0v) is 10.6. The van der Waals surface area contributed by atoms with E-state index in [2.05, 4.69) is 41.6 Å². The number of nitrogens with zero attached hydrogens (tertiary/aromatic N) is 2. The van der Waals surface area contributed by atoms with Crippen molar-refractivity contribution >= 4 is 0 Å². The van der Waals surface area contributed by atoms with E-state index in [1.807, 2.05) is 31.0 Å². The van der Waals surface area contributed by atoms with Crippen molar-refractivity contribution in [3.63, 3.8) is 0 Å². The number of aromatic nitrogens is 2. The van der Waals surface area contributed by atoms with Crippen LogP contribution in [0.5, 0.6) is 0 Å². The van der Waals surface area contributed by atoms with E-state index in [1.165, 1.54) is 11.1 Å². The minimum atomic E-state index is 0.420. The van der Waals surface area contributed by atoms with Crippen LogP contribution in [-0.2, 0) is 7.05 Å². The molecule has 90 valence electrons. The third kappa shape index (κ3) is 2.39. The van der Waals surface area contributed by atoms with Gasteiger partial charge in [-0.05, 0) is 31.2 Å². The van der Waals surface area contributed by atoms with E-state index in [1.54, 1.807) is 0 Å². The molecule has 1 heterocycles. The Morgan fingerprint density at radius 2 is 2.18 bits per heavy atom. The Kier molecular flexibility index (Phi) is 3.59. The lowest BCUT2D eigenvalue weighted by Gasteiger charge is -2.15. The molecule has 0 aliphatic carbocycles. The van der Waals surface area contributed by atoms with Gasteiger partial charge in [0.15, 0.2) is 0 Å². The van der Waals surface area contributed by atoms with Crippen LogP contribution >= 0.6 is 0 Å². The zero-order valence-electron chi connectivity index (χ0n) is 10.6. The van der Waals surface area contributed by atoms with Crippen molar-refractivity contribution in [2.45, 2.75) is 19.4 Å². The van der Waals surface area contributed by atoms with Gasteiger partial charge in [0.2, 0.25) is 0 Å². The van der Waals surface area contributed by atoms with Crippen LogP contribution in [-0.4, -0.2) is 16.8 Å². The summed E-state index contributed by atoms with van der Waals surface area (Å²) in [6, 6.07) is 11.1. The highest BCUT2D eigenvalue weighted by atomic mass is 15.2. The molecule has 1 unspecified atom stereocenters. The predicted octanol–water partition coefficient (Wildman–Crippen LogP) is 2.76. The van der Waals surface area contributed by atoms with Gasteiger partial charge in [-0.1, -0.05) is 25.1 Å². The van der Waals surface area contributed by atoms with Crippen LogP contribution in [0.25, 0.3) is 11.3 Å². The molecular weight excluding hydrogens is 210 g/mol. The van der Waals surface area contributed by atoms with Gasteiger partial charge in [0.1, 0.15) is 0 Å². The summed E-state index contributed by atoms with van der Waals surface area (Å²) in [6.07, 6.45) is 2.92. The molecule has 0 aliphatic heterocycles. The molecule has 1 N–H and O–H groups in total. The predicted molar refractivity (Wildman–Crippen MR) is 70.7 cm³/mol. The normalized spacial score (nSPS) is 12.6. The summed E-state index contributed by atoms with van der Waals surface area (Å²) in [5.74, 6) is 0. The topological polar surface area (TPSA) is 29.9 Å². The van der Waals surface area contributed by atoms with Crippen LogP contribution in [0.2, 0.25) is 0 Å². The van der Waals surface area contributed by atoms with Crippen LogP contribution in [0.3, 0.4) is 0 Å². The van der Waals surface area contributed by atoms with E-state index >= 15 is 0 Å². The summed E-state index contributed by atoms with van der Waals surface area (Å²) in [5, 5.41) is 7.54. The SMILES string of the molecule is CCC(NC)c1cccc(-c2ccnn2C)c1. The van der Waals surface area contributed by atoms with Crippen molar-refractivity contribution in [2.24, 2.45) is 7.05 Å². The molecular formula is C14H19N3. The van der Waals surface area contributed by atoms with Crippen LogP contribution in [0.1, 0.15) is 24.9 Å². The summed E-state index contributed by atoms with van der Waals surface area (Å²) in [5.41, 5.74) is 3.70. The van der Waals surface area contributed by atoms with Gasteiger partial charge in [-0.2, -0.15) is 5.10 Å². The molecule has 3 nitrogen and oxygen atoms in total. The monoisotopic (exact) mass is 229 g/mol. The molecule has 0 radical (unpaired) electrons. The molecule has 1 atom stereocenters. The Morgan fingerprint density at radius 1 is 1.35 bits per heavy atom. The Hall–Kier alpha value is -1.61. The van der Waals surface area contributed by atoms with Gasteiger partial charge in [-0.15, -0.1) is 0 Å². The first-order chi connectivity index (χ1) is 8.26. The Morgan fingerprint density at radius 3 is 2.76 bits per heavy atom. The van der Waals surface area contributed by atoms with E-state index < -0.39 is 0 Å². The molecule has 0 spiro atoms. The zero-order chi connectivity index (χ0) is 12.3. The molecule has 0 fully saturated rings. The Labute approximate surface area is 102 Å². The smallest absolute Gasteiger partial charge is 0.0678 e. The minimum absolute atomic E-state index is 0.420. The summed E-state index contributed by atoms with van der Waals surface area (Å²) >= 11 is 0. The minimum Gasteiger partial charge on any atom is -0.313 e. The number of aryl methyl sites for hydroxylation is 1. The van der Waals surface area contributed by atoms with E-state index in [-0.39, 0.29) is 0 Å². The van der Waals surface area contributed by atoms with Crippen LogP contribution in [0, 0.1) is 0 Å². The maximum absolute atomic E-state index is 4.21. The quantitative estimate of drug-likeness (QED) is 0.873. The maximum atomic E-state index is 4.21. The molecule has 0 saturated heterocycles. The molecule has 0 saturated carbocycles. The molecule has 1 aromatic heterocycles. The summed E-state index contributed by atoms with van der Waals surface area (Å²) < 4.78 is 1.90. The van der Waals surface area contributed by atoms with Crippen molar-refractivity contribution < 1.29 is 0 Å². The van der Waals surface area contributed by atoms with Crippen molar-refractivity contribution in [3.05, 3.63) is 42.1 Å². The maximum Gasteiger partial charge on any atom is 0.0678 e. The average molecular weight is 229 g/mol. The van der Waals surface area contributed by atoms with Crippen LogP contribution in [0.4, 0.5) is 0 Å².